The summed E-state index contributed by atoms with van der Waals surface area (Å²) in [7, 11) is 0. The third-order valence-electron chi connectivity index (χ3n) is 5.93. The molecule has 7 heteroatoms. The fourth-order valence-electron chi connectivity index (χ4n) is 4.09. The summed E-state index contributed by atoms with van der Waals surface area (Å²) in [6.45, 7) is 5.00. The first-order chi connectivity index (χ1) is 17.4. The Hall–Kier alpha value is -2.08. The Labute approximate surface area is 226 Å². The van der Waals surface area contributed by atoms with E-state index in [2.05, 4.69) is 12.2 Å². The number of nitrogens with one attached hydrogen (secondary N) is 1. The van der Waals surface area contributed by atoms with Crippen LogP contribution in [0.2, 0.25) is 10.0 Å². The first-order valence-electron chi connectivity index (χ1n) is 13.1. The van der Waals surface area contributed by atoms with Crippen molar-refractivity contribution in [3.63, 3.8) is 0 Å². The number of nitrogens with zero attached hydrogens (tertiary/aromatic N) is 1. The molecule has 0 heterocycles. The summed E-state index contributed by atoms with van der Waals surface area (Å²) < 4.78 is 0. The largest absolute Gasteiger partial charge is 0.368 e. The Morgan fingerprint density at radius 1 is 0.778 bits per heavy atom. The number of hydrogen-bond donors (Lipinski definition) is 1. The lowest BCUT2D eigenvalue weighted by Gasteiger charge is -2.21. The van der Waals surface area contributed by atoms with Crippen LogP contribution in [-0.2, 0) is 22.7 Å². The highest BCUT2D eigenvalue weighted by Gasteiger charge is 2.13. The second kappa shape index (κ2) is 17.4. The van der Waals surface area contributed by atoms with Crippen LogP contribution >= 0.6 is 23.2 Å². The van der Waals surface area contributed by atoms with Gasteiger partial charge in [-0.05, 0) is 47.9 Å². The molecule has 1 amide bonds. The maximum atomic E-state index is 12.5. The molecule has 0 bridgehead atoms. The fourth-order valence-corrected chi connectivity index (χ4v) is 4.66. The van der Waals surface area contributed by atoms with Gasteiger partial charge in [0.15, 0.2) is 0 Å². The predicted molar refractivity (Wildman–Crippen MR) is 148 cm³/mol. The van der Waals surface area contributed by atoms with Crippen LogP contribution < -0.4 is 5.32 Å². The molecule has 0 aliphatic heterocycles. The molecule has 0 aliphatic carbocycles. The Morgan fingerprint density at radius 3 is 1.86 bits per heavy atom. The molecular formula is C29H40Cl2N2O3. The Balaban J connectivity index is 1.73. The summed E-state index contributed by atoms with van der Waals surface area (Å²) >= 11 is 12.2. The lowest BCUT2D eigenvalue weighted by molar-refractivity contribution is -0.194. The SMILES string of the molecule is CCCCCCCCCCCCNC(=O)c1ccc(CN(Cc2cc(Cl)cc(Cl)c2)OC(C)=O)cc1. The number of unbranched alkanes of at least 4 members (excludes halogenated alkanes) is 9. The van der Waals surface area contributed by atoms with Crippen LogP contribution in [-0.4, -0.2) is 23.5 Å². The van der Waals surface area contributed by atoms with Gasteiger partial charge in [-0.25, -0.2) is 0 Å². The van der Waals surface area contributed by atoms with Crippen molar-refractivity contribution < 1.29 is 14.4 Å². The predicted octanol–water partition coefficient (Wildman–Crippen LogP) is 8.12. The summed E-state index contributed by atoms with van der Waals surface area (Å²) in [5, 5.41) is 5.60. The summed E-state index contributed by atoms with van der Waals surface area (Å²) in [5.74, 6) is -0.478. The zero-order chi connectivity index (χ0) is 26.2. The number of hydroxylamine groups is 2. The Kier molecular flexibility index (Phi) is 14.6. The van der Waals surface area contributed by atoms with Crippen LogP contribution in [0.1, 0.15) is 99.5 Å². The molecule has 2 rings (SSSR count). The van der Waals surface area contributed by atoms with Crippen LogP contribution in [0.4, 0.5) is 0 Å². The van der Waals surface area contributed by atoms with Gasteiger partial charge in [0.2, 0.25) is 0 Å². The molecule has 1 N–H and O–H groups in total. The van der Waals surface area contributed by atoms with Crippen molar-refractivity contribution >= 4 is 35.1 Å². The van der Waals surface area contributed by atoms with Gasteiger partial charge in [-0.15, -0.1) is 5.06 Å². The summed E-state index contributed by atoms with van der Waals surface area (Å²) in [6.07, 6.45) is 12.7. The molecule has 36 heavy (non-hydrogen) atoms. The molecule has 2 aromatic rings. The van der Waals surface area contributed by atoms with E-state index in [4.69, 9.17) is 28.0 Å². The number of carbonyl (C=O) groups excluding carboxylic acids is 2. The number of halogens is 2. The summed E-state index contributed by atoms with van der Waals surface area (Å²) in [5.41, 5.74) is 2.36. The quantitative estimate of drug-likeness (QED) is 0.164. The second-order valence-electron chi connectivity index (χ2n) is 9.29. The lowest BCUT2D eigenvalue weighted by Crippen LogP contribution is -2.26. The number of benzene rings is 2. The van der Waals surface area contributed by atoms with E-state index in [0.29, 0.717) is 35.2 Å². The maximum absolute atomic E-state index is 12.5. The number of amides is 1. The molecule has 0 saturated carbocycles. The zero-order valence-corrected chi connectivity index (χ0v) is 23.2. The van der Waals surface area contributed by atoms with Gasteiger partial charge in [0.05, 0.1) is 13.1 Å². The highest BCUT2D eigenvalue weighted by atomic mass is 35.5. The summed E-state index contributed by atoms with van der Waals surface area (Å²) in [4.78, 5) is 29.4. The fraction of sp³-hybridized carbons (Fsp3) is 0.517. The maximum Gasteiger partial charge on any atom is 0.322 e. The van der Waals surface area contributed by atoms with Crippen LogP contribution in [0.25, 0.3) is 0 Å². The van der Waals surface area contributed by atoms with Crippen LogP contribution in [0.15, 0.2) is 42.5 Å². The zero-order valence-electron chi connectivity index (χ0n) is 21.7. The molecule has 0 atom stereocenters. The molecule has 0 radical (unpaired) electrons. The molecule has 198 valence electrons. The van der Waals surface area contributed by atoms with E-state index in [9.17, 15) is 9.59 Å². The molecule has 0 fully saturated rings. The minimum absolute atomic E-state index is 0.0668. The first kappa shape index (κ1) is 30.1. The molecular weight excluding hydrogens is 495 g/mol. The van der Waals surface area contributed by atoms with Gasteiger partial charge in [0.1, 0.15) is 0 Å². The van der Waals surface area contributed by atoms with Crippen molar-refractivity contribution in [3.8, 4) is 0 Å². The van der Waals surface area contributed by atoms with E-state index in [0.717, 1.165) is 24.0 Å². The normalized spacial score (nSPS) is 11.0. The van der Waals surface area contributed by atoms with Gasteiger partial charge in [-0.3, -0.25) is 9.59 Å². The van der Waals surface area contributed by atoms with Gasteiger partial charge in [-0.2, -0.15) is 0 Å². The first-order valence-corrected chi connectivity index (χ1v) is 13.9. The molecule has 0 spiro atoms. The Bertz CT molecular complexity index is 914. The van der Waals surface area contributed by atoms with Crippen LogP contribution in [0.5, 0.6) is 0 Å². The van der Waals surface area contributed by atoms with Crippen molar-refractivity contribution in [1.29, 1.82) is 0 Å². The van der Waals surface area contributed by atoms with Gasteiger partial charge in [-0.1, -0.05) is 100 Å². The third-order valence-corrected chi connectivity index (χ3v) is 6.37. The molecule has 2 aromatic carbocycles. The van der Waals surface area contributed by atoms with E-state index in [1.807, 2.05) is 12.1 Å². The topological polar surface area (TPSA) is 58.6 Å². The average Bonchev–Trinajstić information content (AvgIpc) is 2.81. The van der Waals surface area contributed by atoms with Crippen molar-refractivity contribution in [2.75, 3.05) is 6.54 Å². The standard InChI is InChI=1S/C29H40Cl2N2O3/c1-3-4-5-6-7-8-9-10-11-12-17-32-29(35)26-15-13-24(14-16-26)21-33(36-23(2)34)22-25-18-27(30)20-28(31)19-25/h13-16,18-20H,3-12,17,21-22H2,1-2H3,(H,32,35). The van der Waals surface area contributed by atoms with E-state index >= 15 is 0 Å². The van der Waals surface area contributed by atoms with E-state index in [1.54, 1.807) is 35.4 Å². The number of hydrogen-bond acceptors (Lipinski definition) is 4. The second-order valence-corrected chi connectivity index (χ2v) is 10.2. The van der Waals surface area contributed by atoms with Crippen molar-refractivity contribution in [3.05, 3.63) is 69.2 Å². The average molecular weight is 536 g/mol. The minimum Gasteiger partial charge on any atom is -0.368 e. The van der Waals surface area contributed by atoms with Crippen LogP contribution in [0, 0.1) is 0 Å². The number of carbonyl (C=O) groups is 2. The highest BCUT2D eigenvalue weighted by Crippen LogP contribution is 2.21. The van der Waals surface area contributed by atoms with Gasteiger partial charge < -0.3 is 10.2 Å². The lowest BCUT2D eigenvalue weighted by atomic mass is 10.1. The molecule has 0 aromatic heterocycles. The monoisotopic (exact) mass is 534 g/mol. The van der Waals surface area contributed by atoms with Crippen molar-refractivity contribution in [1.82, 2.24) is 10.4 Å². The van der Waals surface area contributed by atoms with E-state index < -0.39 is 5.97 Å². The number of rotatable bonds is 17. The third kappa shape index (κ3) is 12.8. The minimum atomic E-state index is -0.411. The van der Waals surface area contributed by atoms with E-state index in [-0.39, 0.29) is 5.91 Å². The van der Waals surface area contributed by atoms with Crippen molar-refractivity contribution in [2.24, 2.45) is 0 Å². The summed E-state index contributed by atoms with van der Waals surface area (Å²) in [6, 6.07) is 12.6. The van der Waals surface area contributed by atoms with Gasteiger partial charge in [0, 0.05) is 29.1 Å². The van der Waals surface area contributed by atoms with Gasteiger partial charge >= 0.3 is 5.97 Å². The van der Waals surface area contributed by atoms with Crippen molar-refractivity contribution in [2.45, 2.75) is 91.1 Å². The Morgan fingerprint density at radius 2 is 1.31 bits per heavy atom. The smallest absolute Gasteiger partial charge is 0.322 e. The highest BCUT2D eigenvalue weighted by molar-refractivity contribution is 6.34. The molecule has 0 saturated heterocycles. The van der Waals surface area contributed by atoms with Crippen LogP contribution in [0.3, 0.4) is 0 Å². The molecule has 0 aliphatic rings. The molecule has 5 nitrogen and oxygen atoms in total. The van der Waals surface area contributed by atoms with E-state index in [1.165, 1.54) is 58.3 Å². The molecule has 0 unspecified atom stereocenters. The van der Waals surface area contributed by atoms with Gasteiger partial charge in [0.25, 0.3) is 5.91 Å².